The second kappa shape index (κ2) is 5.69. The van der Waals surface area contributed by atoms with Crippen molar-refractivity contribution < 1.29 is 9.47 Å². The Balaban J connectivity index is 2.38. The molecule has 90 valence electrons. The minimum atomic E-state index is -0.0991. The molecule has 0 aliphatic carbocycles. The van der Waals surface area contributed by atoms with Crippen LogP contribution in [0.25, 0.3) is 0 Å². The Morgan fingerprint density at radius 1 is 1.19 bits per heavy atom. The molecule has 0 aliphatic rings. The molecule has 0 amide bonds. The Hall–Kier alpha value is -0.540. The van der Waals surface area contributed by atoms with Crippen molar-refractivity contribution in [1.29, 1.82) is 0 Å². The Bertz CT molecular complexity index is 342. The van der Waals surface area contributed by atoms with Crippen LogP contribution < -0.4 is 4.74 Å². The first-order valence-electron chi connectivity index (χ1n) is 5.41. The van der Waals surface area contributed by atoms with Crippen LogP contribution in [0.5, 0.6) is 5.75 Å². The standard InChI is InChI=1S/C13H19BrO2/c1-10-9-11(14)5-6-12(10)15-7-8-16-13(2,3)4/h5-6,9H,7-8H2,1-4H3. The van der Waals surface area contributed by atoms with E-state index < -0.39 is 0 Å². The highest BCUT2D eigenvalue weighted by atomic mass is 79.9. The molecule has 0 fully saturated rings. The molecule has 3 heteroatoms. The highest BCUT2D eigenvalue weighted by molar-refractivity contribution is 9.10. The number of aryl methyl sites for hydroxylation is 1. The smallest absolute Gasteiger partial charge is 0.122 e. The van der Waals surface area contributed by atoms with E-state index in [-0.39, 0.29) is 5.60 Å². The largest absolute Gasteiger partial charge is 0.491 e. The van der Waals surface area contributed by atoms with Crippen LogP contribution in [0.4, 0.5) is 0 Å². The fourth-order valence-corrected chi connectivity index (χ4v) is 1.75. The van der Waals surface area contributed by atoms with E-state index in [2.05, 4.69) is 15.9 Å². The van der Waals surface area contributed by atoms with Crippen molar-refractivity contribution in [3.05, 3.63) is 28.2 Å². The van der Waals surface area contributed by atoms with E-state index in [1.54, 1.807) is 0 Å². The maximum atomic E-state index is 5.64. The summed E-state index contributed by atoms with van der Waals surface area (Å²) in [4.78, 5) is 0. The molecule has 1 rings (SSSR count). The summed E-state index contributed by atoms with van der Waals surface area (Å²) in [5, 5.41) is 0. The Labute approximate surface area is 106 Å². The molecule has 0 unspecified atom stereocenters. The van der Waals surface area contributed by atoms with Crippen LogP contribution in [0.3, 0.4) is 0 Å². The van der Waals surface area contributed by atoms with Crippen molar-refractivity contribution in [2.24, 2.45) is 0 Å². The summed E-state index contributed by atoms with van der Waals surface area (Å²) in [6, 6.07) is 5.99. The number of hydrogen-bond acceptors (Lipinski definition) is 2. The second-order valence-corrected chi connectivity index (χ2v) is 5.63. The third-order valence-electron chi connectivity index (χ3n) is 2.01. The SMILES string of the molecule is Cc1cc(Br)ccc1OCCOC(C)(C)C. The van der Waals surface area contributed by atoms with Crippen molar-refractivity contribution >= 4 is 15.9 Å². The van der Waals surface area contributed by atoms with Gasteiger partial charge in [0.15, 0.2) is 0 Å². The van der Waals surface area contributed by atoms with Crippen LogP contribution in [-0.2, 0) is 4.74 Å². The summed E-state index contributed by atoms with van der Waals surface area (Å²) in [6.45, 7) is 9.34. The first kappa shape index (κ1) is 13.5. The van der Waals surface area contributed by atoms with Gasteiger partial charge in [-0.15, -0.1) is 0 Å². The van der Waals surface area contributed by atoms with Crippen LogP contribution in [-0.4, -0.2) is 18.8 Å². The average Bonchev–Trinajstić information content (AvgIpc) is 2.13. The first-order chi connectivity index (χ1) is 7.38. The van der Waals surface area contributed by atoms with Crippen LogP contribution in [0.1, 0.15) is 26.3 Å². The predicted molar refractivity (Wildman–Crippen MR) is 70.1 cm³/mol. The summed E-state index contributed by atoms with van der Waals surface area (Å²) >= 11 is 3.42. The normalized spacial score (nSPS) is 11.6. The van der Waals surface area contributed by atoms with Crippen LogP contribution in [0, 0.1) is 6.92 Å². The lowest BCUT2D eigenvalue weighted by Crippen LogP contribution is -2.22. The summed E-state index contributed by atoms with van der Waals surface area (Å²) in [7, 11) is 0. The molecular formula is C13H19BrO2. The van der Waals surface area contributed by atoms with Gasteiger partial charge in [0.25, 0.3) is 0 Å². The highest BCUT2D eigenvalue weighted by Crippen LogP contribution is 2.22. The third kappa shape index (κ3) is 4.99. The number of benzene rings is 1. The zero-order valence-electron chi connectivity index (χ0n) is 10.3. The molecule has 0 bridgehead atoms. The lowest BCUT2D eigenvalue weighted by Gasteiger charge is -2.19. The molecule has 0 radical (unpaired) electrons. The fraction of sp³-hybridized carbons (Fsp3) is 0.538. The van der Waals surface area contributed by atoms with E-state index >= 15 is 0 Å². The maximum Gasteiger partial charge on any atom is 0.122 e. The van der Waals surface area contributed by atoms with Gasteiger partial charge in [-0.2, -0.15) is 0 Å². The van der Waals surface area contributed by atoms with Gasteiger partial charge in [-0.3, -0.25) is 0 Å². The van der Waals surface area contributed by atoms with Gasteiger partial charge in [0.05, 0.1) is 12.2 Å². The molecule has 0 saturated carbocycles. The van der Waals surface area contributed by atoms with E-state index in [0.717, 1.165) is 15.8 Å². The molecule has 0 heterocycles. The molecule has 2 nitrogen and oxygen atoms in total. The minimum Gasteiger partial charge on any atom is -0.491 e. The molecule has 16 heavy (non-hydrogen) atoms. The van der Waals surface area contributed by atoms with Crippen molar-refractivity contribution in [3.63, 3.8) is 0 Å². The van der Waals surface area contributed by atoms with Gasteiger partial charge in [-0.1, -0.05) is 15.9 Å². The van der Waals surface area contributed by atoms with Gasteiger partial charge in [-0.25, -0.2) is 0 Å². The van der Waals surface area contributed by atoms with Crippen molar-refractivity contribution in [2.75, 3.05) is 13.2 Å². The van der Waals surface area contributed by atoms with Crippen LogP contribution in [0.2, 0.25) is 0 Å². The summed E-state index contributed by atoms with van der Waals surface area (Å²) in [5.74, 6) is 0.917. The zero-order valence-corrected chi connectivity index (χ0v) is 11.9. The van der Waals surface area contributed by atoms with Gasteiger partial charge in [0.2, 0.25) is 0 Å². The highest BCUT2D eigenvalue weighted by Gasteiger charge is 2.09. The summed E-state index contributed by atoms with van der Waals surface area (Å²) < 4.78 is 12.3. The van der Waals surface area contributed by atoms with Crippen LogP contribution in [0.15, 0.2) is 22.7 Å². The van der Waals surface area contributed by atoms with Crippen molar-refractivity contribution in [3.8, 4) is 5.75 Å². The van der Waals surface area contributed by atoms with E-state index in [1.807, 2.05) is 45.9 Å². The summed E-state index contributed by atoms with van der Waals surface area (Å²) in [6.07, 6.45) is 0. The molecular weight excluding hydrogens is 268 g/mol. The van der Waals surface area contributed by atoms with Crippen molar-refractivity contribution in [1.82, 2.24) is 0 Å². The minimum absolute atomic E-state index is 0.0991. The molecule has 1 aromatic carbocycles. The number of ether oxygens (including phenoxy) is 2. The van der Waals surface area contributed by atoms with Gasteiger partial charge < -0.3 is 9.47 Å². The predicted octanol–water partition coefficient (Wildman–Crippen LogP) is 3.95. The molecule has 0 atom stereocenters. The first-order valence-corrected chi connectivity index (χ1v) is 6.21. The monoisotopic (exact) mass is 286 g/mol. The maximum absolute atomic E-state index is 5.64. The Kier molecular flexibility index (Phi) is 4.81. The molecule has 0 spiro atoms. The van der Waals surface area contributed by atoms with Gasteiger partial charge >= 0.3 is 0 Å². The quantitative estimate of drug-likeness (QED) is 0.781. The molecule has 0 aromatic heterocycles. The van der Waals surface area contributed by atoms with Crippen LogP contribution >= 0.6 is 15.9 Å². The lowest BCUT2D eigenvalue weighted by molar-refractivity contribution is -0.0163. The lowest BCUT2D eigenvalue weighted by atomic mass is 10.2. The topological polar surface area (TPSA) is 18.5 Å². The number of halogens is 1. The van der Waals surface area contributed by atoms with E-state index in [4.69, 9.17) is 9.47 Å². The average molecular weight is 287 g/mol. The molecule has 0 saturated heterocycles. The van der Waals surface area contributed by atoms with Crippen molar-refractivity contribution in [2.45, 2.75) is 33.3 Å². The van der Waals surface area contributed by atoms with E-state index in [0.29, 0.717) is 13.2 Å². The zero-order chi connectivity index (χ0) is 12.2. The fourth-order valence-electron chi connectivity index (χ4n) is 1.27. The molecule has 1 aromatic rings. The van der Waals surface area contributed by atoms with Gasteiger partial charge in [0, 0.05) is 4.47 Å². The third-order valence-corrected chi connectivity index (χ3v) is 2.51. The summed E-state index contributed by atoms with van der Waals surface area (Å²) in [5.41, 5.74) is 1.03. The van der Waals surface area contributed by atoms with Gasteiger partial charge in [0.1, 0.15) is 12.4 Å². The number of rotatable bonds is 4. The second-order valence-electron chi connectivity index (χ2n) is 4.72. The molecule has 0 aliphatic heterocycles. The Morgan fingerprint density at radius 3 is 2.44 bits per heavy atom. The van der Waals surface area contributed by atoms with E-state index in [1.165, 1.54) is 0 Å². The van der Waals surface area contributed by atoms with E-state index in [9.17, 15) is 0 Å². The molecule has 0 N–H and O–H groups in total. The number of hydrogen-bond donors (Lipinski definition) is 0. The van der Waals surface area contributed by atoms with Gasteiger partial charge in [-0.05, 0) is 51.5 Å². The Morgan fingerprint density at radius 2 is 1.88 bits per heavy atom.